The molecule has 0 aliphatic carbocycles. The zero-order valence-electron chi connectivity index (χ0n) is 15.2. The van der Waals surface area contributed by atoms with Crippen LogP contribution in [0.2, 0.25) is 5.02 Å². The van der Waals surface area contributed by atoms with Gasteiger partial charge in [0, 0.05) is 40.3 Å². The number of aliphatic imine (C=N–C) groups is 1. The summed E-state index contributed by atoms with van der Waals surface area (Å²) in [6.07, 6.45) is 2.76. The number of rotatable bonds is 3. The number of hydrogen-bond acceptors (Lipinski definition) is 3. The molecule has 4 rings (SSSR count). The van der Waals surface area contributed by atoms with Crippen LogP contribution in [0.4, 0.5) is 5.69 Å². The lowest BCUT2D eigenvalue weighted by atomic mass is 10.00. The minimum absolute atomic E-state index is 0.228. The van der Waals surface area contributed by atoms with Crippen molar-refractivity contribution in [1.82, 2.24) is 0 Å². The predicted molar refractivity (Wildman–Crippen MR) is 120 cm³/mol. The molecule has 5 heteroatoms. The van der Waals surface area contributed by atoms with Gasteiger partial charge in [0.2, 0.25) is 0 Å². The minimum Gasteiger partial charge on any atom is -0.508 e. The molecule has 0 amide bonds. The molecule has 0 atom stereocenters. The van der Waals surface area contributed by atoms with E-state index in [1.807, 2.05) is 49.5 Å². The number of hydrogen-bond donors (Lipinski definition) is 1. The molecule has 3 aromatic carbocycles. The molecule has 0 saturated heterocycles. The van der Waals surface area contributed by atoms with Gasteiger partial charge in [0.15, 0.2) is 0 Å². The Bertz CT molecular complexity index is 1090. The average Bonchev–Trinajstić information content (AvgIpc) is 2.79. The number of anilines is 1. The normalized spacial score (nSPS) is 13.5. The number of benzene rings is 3. The van der Waals surface area contributed by atoms with E-state index in [4.69, 9.17) is 16.6 Å². The van der Waals surface area contributed by atoms with Gasteiger partial charge in [0.05, 0.1) is 17.1 Å². The maximum Gasteiger partial charge on any atom is 0.115 e. The lowest BCUT2D eigenvalue weighted by Crippen LogP contribution is -2.12. The zero-order chi connectivity index (χ0) is 19.7. The largest absolute Gasteiger partial charge is 0.508 e. The Morgan fingerprint density at radius 2 is 1.82 bits per heavy atom. The summed E-state index contributed by atoms with van der Waals surface area (Å²) < 4.78 is 1.05. The van der Waals surface area contributed by atoms with Gasteiger partial charge in [-0.15, -0.1) is 0 Å². The number of phenolic OH excluding ortho intramolecular Hbond substituents is 1. The summed E-state index contributed by atoms with van der Waals surface area (Å²) in [5, 5.41) is 10.3. The van der Waals surface area contributed by atoms with Crippen LogP contribution in [-0.2, 0) is 6.42 Å². The van der Waals surface area contributed by atoms with E-state index in [2.05, 4.69) is 39.2 Å². The summed E-state index contributed by atoms with van der Waals surface area (Å²) in [4.78, 5) is 7.09. The van der Waals surface area contributed by atoms with Gasteiger partial charge in [-0.1, -0.05) is 39.7 Å². The van der Waals surface area contributed by atoms with Gasteiger partial charge in [-0.05, 0) is 60.2 Å². The Hall–Kier alpha value is -2.56. The second-order valence-electron chi connectivity index (χ2n) is 6.71. The summed E-state index contributed by atoms with van der Waals surface area (Å²) in [5.41, 5.74) is 5.87. The van der Waals surface area contributed by atoms with E-state index < -0.39 is 0 Å². The van der Waals surface area contributed by atoms with Crippen molar-refractivity contribution in [1.29, 1.82) is 0 Å². The van der Waals surface area contributed by atoms with Crippen molar-refractivity contribution < 1.29 is 5.11 Å². The van der Waals surface area contributed by atoms with Crippen molar-refractivity contribution in [3.63, 3.8) is 0 Å². The summed E-state index contributed by atoms with van der Waals surface area (Å²) in [6, 6.07) is 21.2. The fourth-order valence-electron chi connectivity index (χ4n) is 3.31. The monoisotopic (exact) mass is 452 g/mol. The van der Waals surface area contributed by atoms with E-state index in [-0.39, 0.29) is 5.75 Å². The Morgan fingerprint density at radius 3 is 2.57 bits per heavy atom. The number of halogens is 2. The Balaban J connectivity index is 1.84. The van der Waals surface area contributed by atoms with E-state index in [0.717, 1.165) is 32.7 Å². The van der Waals surface area contributed by atoms with Gasteiger partial charge >= 0.3 is 0 Å². The van der Waals surface area contributed by atoms with Crippen molar-refractivity contribution in [2.75, 3.05) is 11.9 Å². The van der Waals surface area contributed by atoms with Gasteiger partial charge in [0.25, 0.3) is 0 Å². The molecule has 0 saturated carbocycles. The standard InChI is InChI=1S/C23H18BrClN2O/c1-27-14-19(12-15-3-2-4-17(24)11-15)26-23(16-5-8-20(28)9-6-16)21-13-18(25)7-10-22(21)27/h2-11,13-14,28H,12H2,1H3. The Morgan fingerprint density at radius 1 is 1.04 bits per heavy atom. The SMILES string of the molecule is CN1C=C(Cc2cccc(Br)c2)N=C(c2ccc(O)cc2)c2cc(Cl)ccc21. The third-order valence-corrected chi connectivity index (χ3v) is 5.34. The smallest absolute Gasteiger partial charge is 0.115 e. The molecule has 3 nitrogen and oxygen atoms in total. The van der Waals surface area contributed by atoms with Crippen LogP contribution in [0, 0.1) is 0 Å². The van der Waals surface area contributed by atoms with E-state index in [9.17, 15) is 5.11 Å². The second kappa shape index (κ2) is 7.82. The fourth-order valence-corrected chi connectivity index (χ4v) is 3.93. The predicted octanol–water partition coefficient (Wildman–Crippen LogP) is 6.18. The maximum atomic E-state index is 9.68. The molecule has 0 bridgehead atoms. The van der Waals surface area contributed by atoms with Gasteiger partial charge in [-0.25, -0.2) is 0 Å². The molecule has 3 aromatic rings. The first-order valence-electron chi connectivity index (χ1n) is 8.85. The molecule has 1 aliphatic rings. The first kappa shape index (κ1) is 18.8. The molecule has 1 N–H and O–H groups in total. The van der Waals surface area contributed by atoms with Crippen molar-refractivity contribution in [2.45, 2.75) is 6.42 Å². The van der Waals surface area contributed by atoms with Gasteiger partial charge in [-0.2, -0.15) is 0 Å². The lowest BCUT2D eigenvalue weighted by molar-refractivity contribution is 0.475. The molecule has 0 spiro atoms. The number of fused-ring (bicyclic) bond motifs is 1. The van der Waals surface area contributed by atoms with Crippen LogP contribution in [-0.4, -0.2) is 17.9 Å². The second-order valence-corrected chi connectivity index (χ2v) is 8.06. The van der Waals surface area contributed by atoms with E-state index in [0.29, 0.717) is 11.4 Å². The third kappa shape index (κ3) is 3.98. The zero-order valence-corrected chi connectivity index (χ0v) is 17.6. The fraction of sp³-hybridized carbons (Fsp3) is 0.0870. The molecule has 1 heterocycles. The molecule has 1 aliphatic heterocycles. The average molecular weight is 454 g/mol. The van der Waals surface area contributed by atoms with Crippen LogP contribution < -0.4 is 4.90 Å². The van der Waals surface area contributed by atoms with Crippen molar-refractivity contribution in [3.05, 3.63) is 105 Å². The van der Waals surface area contributed by atoms with Gasteiger partial charge in [-0.3, -0.25) is 4.99 Å². The molecular formula is C23H18BrClN2O. The third-order valence-electron chi connectivity index (χ3n) is 4.61. The molecule has 0 aromatic heterocycles. The van der Waals surface area contributed by atoms with Gasteiger partial charge < -0.3 is 10.0 Å². The highest BCUT2D eigenvalue weighted by Crippen LogP contribution is 2.31. The van der Waals surface area contributed by atoms with Crippen LogP contribution in [0.5, 0.6) is 5.75 Å². The van der Waals surface area contributed by atoms with Crippen molar-refractivity contribution >= 4 is 38.9 Å². The van der Waals surface area contributed by atoms with Crippen LogP contribution in [0.15, 0.2) is 88.1 Å². The van der Waals surface area contributed by atoms with E-state index >= 15 is 0 Å². The highest BCUT2D eigenvalue weighted by Gasteiger charge is 2.19. The summed E-state index contributed by atoms with van der Waals surface area (Å²) >= 11 is 9.84. The first-order chi connectivity index (χ1) is 13.5. The van der Waals surface area contributed by atoms with Crippen molar-refractivity contribution in [2.24, 2.45) is 4.99 Å². The quantitative estimate of drug-likeness (QED) is 0.514. The highest BCUT2D eigenvalue weighted by atomic mass is 79.9. The maximum absolute atomic E-state index is 9.68. The Labute approximate surface area is 177 Å². The minimum atomic E-state index is 0.228. The van der Waals surface area contributed by atoms with Gasteiger partial charge in [0.1, 0.15) is 5.75 Å². The van der Waals surface area contributed by atoms with Crippen LogP contribution >= 0.6 is 27.5 Å². The summed E-state index contributed by atoms with van der Waals surface area (Å²) in [5.74, 6) is 0.228. The van der Waals surface area contributed by atoms with Crippen LogP contribution in [0.25, 0.3) is 0 Å². The summed E-state index contributed by atoms with van der Waals surface area (Å²) in [7, 11) is 2.02. The van der Waals surface area contributed by atoms with Crippen molar-refractivity contribution in [3.8, 4) is 5.75 Å². The molecular weight excluding hydrogens is 436 g/mol. The highest BCUT2D eigenvalue weighted by molar-refractivity contribution is 9.10. The number of nitrogens with zero attached hydrogens (tertiary/aromatic N) is 2. The summed E-state index contributed by atoms with van der Waals surface area (Å²) in [6.45, 7) is 0. The number of phenols is 1. The molecule has 0 fully saturated rings. The molecule has 0 unspecified atom stereocenters. The topological polar surface area (TPSA) is 35.8 Å². The van der Waals surface area contributed by atoms with Crippen LogP contribution in [0.3, 0.4) is 0 Å². The molecule has 28 heavy (non-hydrogen) atoms. The lowest BCUT2D eigenvalue weighted by Gasteiger charge is -2.17. The number of aromatic hydroxyl groups is 1. The van der Waals surface area contributed by atoms with Crippen LogP contribution in [0.1, 0.15) is 16.7 Å². The van der Waals surface area contributed by atoms with E-state index in [1.165, 1.54) is 5.56 Å². The first-order valence-corrected chi connectivity index (χ1v) is 10.0. The van der Waals surface area contributed by atoms with E-state index in [1.54, 1.807) is 12.1 Å². The number of allylic oxidation sites excluding steroid dienone is 1. The molecule has 0 radical (unpaired) electrons. The molecule has 140 valence electrons. The Kier molecular flexibility index (Phi) is 5.25.